The molecule has 0 radical (unpaired) electrons. The first-order valence-corrected chi connectivity index (χ1v) is 6.76. The number of hydrogen-bond acceptors (Lipinski definition) is 6. The van der Waals surface area contributed by atoms with E-state index in [0.29, 0.717) is 11.4 Å². The lowest BCUT2D eigenvalue weighted by atomic mass is 9.91. The second kappa shape index (κ2) is 5.46. The number of methoxy groups -OCH3 is 2. The molecule has 0 unspecified atom stereocenters. The fourth-order valence-electron chi connectivity index (χ4n) is 2.67. The number of nitrogens with zero attached hydrogens (tertiary/aromatic N) is 2. The Morgan fingerprint density at radius 3 is 2.43 bits per heavy atom. The van der Waals surface area contributed by atoms with Gasteiger partial charge in [0.25, 0.3) is 0 Å². The van der Waals surface area contributed by atoms with Crippen molar-refractivity contribution in [3.63, 3.8) is 0 Å². The van der Waals surface area contributed by atoms with Crippen LogP contribution in [0.4, 0.5) is 0 Å². The van der Waals surface area contributed by atoms with Crippen LogP contribution in [0.5, 0.6) is 0 Å². The molecule has 0 aromatic rings. The second-order valence-electron chi connectivity index (χ2n) is 4.83. The van der Waals surface area contributed by atoms with Crippen LogP contribution in [0.25, 0.3) is 0 Å². The molecule has 6 heteroatoms. The average Bonchev–Trinajstić information content (AvgIpc) is 2.61. The SMILES string of the molecule is COC(=O)C1=CC(C#N)=C2C(C(=O)OC)=CC=C3C=CC=C1N32. The lowest BCUT2D eigenvalue weighted by Crippen LogP contribution is -2.34. The Labute approximate surface area is 132 Å². The van der Waals surface area contributed by atoms with Crippen molar-refractivity contribution in [2.24, 2.45) is 0 Å². The number of carbonyl (C=O) groups excluding carboxylic acids is 2. The van der Waals surface area contributed by atoms with Crippen LogP contribution in [0.15, 0.2) is 70.3 Å². The highest BCUT2D eigenvalue weighted by Crippen LogP contribution is 2.41. The summed E-state index contributed by atoms with van der Waals surface area (Å²) in [6.45, 7) is 0. The van der Waals surface area contributed by atoms with Crippen LogP contribution in [-0.2, 0) is 19.1 Å². The van der Waals surface area contributed by atoms with E-state index < -0.39 is 11.9 Å². The monoisotopic (exact) mass is 308 g/mol. The number of esters is 2. The third-order valence-electron chi connectivity index (χ3n) is 3.67. The molecule has 0 aliphatic carbocycles. The molecule has 6 nitrogen and oxygen atoms in total. The Balaban J connectivity index is 2.29. The average molecular weight is 308 g/mol. The standard InChI is InChI=1S/C17H12N2O4/c1-22-16(20)12-7-6-11-4-3-5-14-13(17(21)23-2)8-10(9-18)15(12)19(11)14/h3-8H,1-2H3. The van der Waals surface area contributed by atoms with Gasteiger partial charge in [0, 0.05) is 5.70 Å². The summed E-state index contributed by atoms with van der Waals surface area (Å²) >= 11 is 0. The maximum atomic E-state index is 12.0. The maximum Gasteiger partial charge on any atom is 0.340 e. The van der Waals surface area contributed by atoms with Crippen LogP contribution >= 0.6 is 0 Å². The van der Waals surface area contributed by atoms with Crippen LogP contribution in [-0.4, -0.2) is 31.1 Å². The van der Waals surface area contributed by atoms with Crippen LogP contribution in [0.1, 0.15) is 0 Å². The topological polar surface area (TPSA) is 79.6 Å². The van der Waals surface area contributed by atoms with E-state index in [2.05, 4.69) is 0 Å². The molecule has 3 aliphatic heterocycles. The molecule has 0 saturated carbocycles. The van der Waals surface area contributed by atoms with Crippen molar-refractivity contribution in [3.05, 3.63) is 70.3 Å². The molecule has 0 aromatic heterocycles. The van der Waals surface area contributed by atoms with E-state index in [9.17, 15) is 14.9 Å². The van der Waals surface area contributed by atoms with Gasteiger partial charge in [-0.2, -0.15) is 5.26 Å². The van der Waals surface area contributed by atoms with E-state index in [1.54, 1.807) is 29.2 Å². The van der Waals surface area contributed by atoms with Gasteiger partial charge in [-0.25, -0.2) is 9.59 Å². The first-order chi connectivity index (χ1) is 11.1. The lowest BCUT2D eigenvalue weighted by molar-refractivity contribution is -0.136. The molecule has 0 amide bonds. The lowest BCUT2D eigenvalue weighted by Gasteiger charge is -2.38. The van der Waals surface area contributed by atoms with Gasteiger partial charge in [0.1, 0.15) is 6.07 Å². The van der Waals surface area contributed by atoms with E-state index in [4.69, 9.17) is 9.47 Å². The Kier molecular flexibility index (Phi) is 3.47. The highest BCUT2D eigenvalue weighted by Gasteiger charge is 2.37. The largest absolute Gasteiger partial charge is 0.465 e. The number of hydrogen-bond donors (Lipinski definition) is 0. The van der Waals surface area contributed by atoms with Crippen molar-refractivity contribution in [1.29, 1.82) is 5.26 Å². The molecule has 114 valence electrons. The summed E-state index contributed by atoms with van der Waals surface area (Å²) < 4.78 is 9.59. The smallest absolute Gasteiger partial charge is 0.340 e. The summed E-state index contributed by atoms with van der Waals surface area (Å²) in [4.78, 5) is 25.8. The van der Waals surface area contributed by atoms with Crippen molar-refractivity contribution in [2.45, 2.75) is 0 Å². The summed E-state index contributed by atoms with van der Waals surface area (Å²) in [6.07, 6.45) is 10.1. The number of allylic oxidation sites excluding steroid dienone is 7. The highest BCUT2D eigenvalue weighted by atomic mass is 16.5. The molecule has 3 rings (SSSR count). The predicted molar refractivity (Wildman–Crippen MR) is 80.0 cm³/mol. The Morgan fingerprint density at radius 2 is 1.78 bits per heavy atom. The quantitative estimate of drug-likeness (QED) is 0.721. The number of rotatable bonds is 2. The number of carbonyl (C=O) groups is 2. The zero-order valence-electron chi connectivity index (χ0n) is 12.5. The van der Waals surface area contributed by atoms with Gasteiger partial charge in [-0.3, -0.25) is 0 Å². The molecule has 3 heterocycles. The van der Waals surface area contributed by atoms with Crippen LogP contribution in [0, 0.1) is 11.3 Å². The molecular formula is C17H12N2O4. The summed E-state index contributed by atoms with van der Waals surface area (Å²) in [5.74, 6) is -1.10. The molecule has 0 spiro atoms. The first kappa shape index (κ1) is 14.6. The zero-order chi connectivity index (χ0) is 16.6. The van der Waals surface area contributed by atoms with Crippen LogP contribution in [0.2, 0.25) is 0 Å². The van der Waals surface area contributed by atoms with Gasteiger partial charge in [0.2, 0.25) is 0 Å². The number of ether oxygens (including phenoxy) is 2. The van der Waals surface area contributed by atoms with Gasteiger partial charge in [-0.15, -0.1) is 0 Å². The summed E-state index contributed by atoms with van der Waals surface area (Å²) in [6, 6.07) is 2.04. The van der Waals surface area contributed by atoms with Gasteiger partial charge < -0.3 is 14.4 Å². The summed E-state index contributed by atoms with van der Waals surface area (Å²) in [7, 11) is 2.56. The number of nitriles is 1. The zero-order valence-corrected chi connectivity index (χ0v) is 12.5. The Bertz CT molecular complexity index is 830. The van der Waals surface area contributed by atoms with E-state index in [1.165, 1.54) is 20.3 Å². The van der Waals surface area contributed by atoms with Gasteiger partial charge in [-0.1, -0.05) is 6.08 Å². The normalized spacial score (nSPS) is 18.0. The van der Waals surface area contributed by atoms with Crippen molar-refractivity contribution in [3.8, 4) is 6.07 Å². The molecule has 3 aliphatic rings. The fraction of sp³-hybridized carbons (Fsp3) is 0.118. The molecule has 0 atom stereocenters. The molecule has 23 heavy (non-hydrogen) atoms. The molecule has 0 bridgehead atoms. The van der Waals surface area contributed by atoms with E-state index in [0.717, 1.165) is 5.70 Å². The van der Waals surface area contributed by atoms with Crippen LogP contribution in [0.3, 0.4) is 0 Å². The molecule has 0 saturated heterocycles. The van der Waals surface area contributed by atoms with Gasteiger partial charge in [0.05, 0.1) is 42.3 Å². The highest BCUT2D eigenvalue weighted by molar-refractivity contribution is 5.99. The van der Waals surface area contributed by atoms with E-state index >= 15 is 0 Å². The third kappa shape index (κ3) is 2.10. The Morgan fingerprint density at radius 1 is 1.09 bits per heavy atom. The minimum atomic E-state index is -0.549. The van der Waals surface area contributed by atoms with Crippen molar-refractivity contribution >= 4 is 11.9 Å². The minimum Gasteiger partial charge on any atom is -0.465 e. The Hall–Kier alpha value is -3.33. The fourth-order valence-corrected chi connectivity index (χ4v) is 2.67. The van der Waals surface area contributed by atoms with Crippen molar-refractivity contribution < 1.29 is 19.1 Å². The van der Waals surface area contributed by atoms with Crippen molar-refractivity contribution in [1.82, 2.24) is 4.90 Å². The molecule has 0 fully saturated rings. The maximum absolute atomic E-state index is 12.0. The first-order valence-electron chi connectivity index (χ1n) is 6.76. The molecule has 0 aromatic carbocycles. The minimum absolute atomic E-state index is 0.195. The summed E-state index contributed by atoms with van der Waals surface area (Å²) in [5.41, 5.74) is 2.41. The van der Waals surface area contributed by atoms with Gasteiger partial charge >= 0.3 is 11.9 Å². The molecule has 0 N–H and O–H groups in total. The second-order valence-corrected chi connectivity index (χ2v) is 4.83. The summed E-state index contributed by atoms with van der Waals surface area (Å²) in [5, 5.41) is 9.47. The van der Waals surface area contributed by atoms with E-state index in [1.807, 2.05) is 12.1 Å². The van der Waals surface area contributed by atoms with Crippen molar-refractivity contribution in [2.75, 3.05) is 14.2 Å². The van der Waals surface area contributed by atoms with E-state index in [-0.39, 0.29) is 16.7 Å². The van der Waals surface area contributed by atoms with Gasteiger partial charge in [0.15, 0.2) is 0 Å². The van der Waals surface area contributed by atoms with Crippen LogP contribution < -0.4 is 0 Å². The third-order valence-corrected chi connectivity index (χ3v) is 3.67. The molecular weight excluding hydrogens is 296 g/mol. The van der Waals surface area contributed by atoms with Gasteiger partial charge in [-0.05, 0) is 30.4 Å². The predicted octanol–water partition coefficient (Wildman–Crippen LogP) is 1.63.